The number of nitrogen functional groups attached to an aromatic ring is 1. The van der Waals surface area contributed by atoms with Gasteiger partial charge in [-0.3, -0.25) is 4.79 Å². The van der Waals surface area contributed by atoms with Crippen LogP contribution in [0.1, 0.15) is 34.7 Å². The molecule has 21 heavy (non-hydrogen) atoms. The van der Waals surface area contributed by atoms with E-state index >= 15 is 0 Å². The minimum absolute atomic E-state index is 0.0325. The number of aryl methyl sites for hydroxylation is 1. The lowest BCUT2D eigenvalue weighted by Crippen LogP contribution is -2.32. The summed E-state index contributed by atoms with van der Waals surface area (Å²) in [4.78, 5) is 14.5. The number of rotatable bonds is 4. The lowest BCUT2D eigenvalue weighted by atomic mass is 10.1. The fourth-order valence-corrected chi connectivity index (χ4v) is 2.45. The molecule has 3 rings (SSSR count). The van der Waals surface area contributed by atoms with Crippen molar-refractivity contribution < 1.29 is 9.21 Å². The van der Waals surface area contributed by atoms with Crippen molar-refractivity contribution in [2.24, 2.45) is 0 Å². The van der Waals surface area contributed by atoms with Crippen molar-refractivity contribution in [3.05, 3.63) is 52.4 Å². The number of anilines is 1. The molecule has 0 radical (unpaired) electrons. The third-order valence-electron chi connectivity index (χ3n) is 3.61. The summed E-state index contributed by atoms with van der Waals surface area (Å²) in [5.74, 6) is 1.62. The molecule has 4 nitrogen and oxygen atoms in total. The van der Waals surface area contributed by atoms with E-state index in [2.05, 4.69) is 0 Å². The zero-order valence-electron chi connectivity index (χ0n) is 11.8. The third kappa shape index (κ3) is 3.05. The Bertz CT molecular complexity index is 677. The molecular weight excluding hydrogens is 288 g/mol. The van der Waals surface area contributed by atoms with Crippen LogP contribution in [0.3, 0.4) is 0 Å². The molecule has 110 valence electrons. The topological polar surface area (TPSA) is 59.5 Å². The maximum absolute atomic E-state index is 12.7. The molecule has 1 saturated carbocycles. The number of nitrogens with two attached hydrogens (primary N) is 1. The number of furan rings is 1. The molecule has 1 fully saturated rings. The molecule has 5 heteroatoms. The van der Waals surface area contributed by atoms with Gasteiger partial charge in [-0.1, -0.05) is 11.6 Å². The van der Waals surface area contributed by atoms with Crippen molar-refractivity contribution in [1.82, 2.24) is 4.90 Å². The average Bonchev–Trinajstić information content (AvgIpc) is 3.21. The molecule has 0 bridgehead atoms. The van der Waals surface area contributed by atoms with Gasteiger partial charge in [0.2, 0.25) is 0 Å². The van der Waals surface area contributed by atoms with E-state index < -0.39 is 0 Å². The monoisotopic (exact) mass is 304 g/mol. The van der Waals surface area contributed by atoms with Crippen LogP contribution in [0.2, 0.25) is 5.02 Å². The lowest BCUT2D eigenvalue weighted by Gasteiger charge is -2.21. The van der Waals surface area contributed by atoms with Gasteiger partial charge in [-0.25, -0.2) is 0 Å². The summed E-state index contributed by atoms with van der Waals surface area (Å²) in [5.41, 5.74) is 6.77. The Morgan fingerprint density at radius 2 is 2.14 bits per heavy atom. The second-order valence-electron chi connectivity index (χ2n) is 5.41. The van der Waals surface area contributed by atoms with Crippen molar-refractivity contribution in [2.45, 2.75) is 32.4 Å². The fourth-order valence-electron chi connectivity index (χ4n) is 2.33. The van der Waals surface area contributed by atoms with E-state index in [1.807, 2.05) is 24.0 Å². The first-order valence-corrected chi connectivity index (χ1v) is 7.33. The van der Waals surface area contributed by atoms with E-state index in [4.69, 9.17) is 21.8 Å². The predicted octanol–water partition coefficient (Wildman–Crippen LogP) is 3.63. The van der Waals surface area contributed by atoms with Gasteiger partial charge in [-0.05, 0) is 50.1 Å². The van der Waals surface area contributed by atoms with Gasteiger partial charge in [0.05, 0.1) is 17.3 Å². The SMILES string of the molecule is Cc1ccc(CN(C(=O)c2ccc(Cl)c(N)c2)C2CC2)o1. The van der Waals surface area contributed by atoms with Crippen LogP contribution >= 0.6 is 11.6 Å². The van der Waals surface area contributed by atoms with Crippen LogP contribution in [0.25, 0.3) is 0 Å². The summed E-state index contributed by atoms with van der Waals surface area (Å²) in [5, 5.41) is 0.464. The third-order valence-corrected chi connectivity index (χ3v) is 3.96. The molecule has 0 aliphatic heterocycles. The minimum Gasteiger partial charge on any atom is -0.464 e. The quantitative estimate of drug-likeness (QED) is 0.877. The number of amides is 1. The van der Waals surface area contributed by atoms with Crippen LogP contribution in [0.15, 0.2) is 34.7 Å². The van der Waals surface area contributed by atoms with Gasteiger partial charge in [0.1, 0.15) is 11.5 Å². The molecule has 1 amide bonds. The summed E-state index contributed by atoms with van der Waals surface area (Å²) < 4.78 is 5.58. The van der Waals surface area contributed by atoms with E-state index in [0.717, 1.165) is 24.4 Å². The number of carbonyl (C=O) groups is 1. The number of hydrogen-bond donors (Lipinski definition) is 1. The van der Waals surface area contributed by atoms with Crippen LogP contribution < -0.4 is 5.73 Å². The Morgan fingerprint density at radius 1 is 1.38 bits per heavy atom. The largest absolute Gasteiger partial charge is 0.464 e. The molecule has 1 heterocycles. The van der Waals surface area contributed by atoms with Crippen LogP contribution in [0.5, 0.6) is 0 Å². The first-order valence-electron chi connectivity index (χ1n) is 6.96. The second kappa shape index (κ2) is 5.45. The molecule has 1 aromatic heterocycles. The highest BCUT2D eigenvalue weighted by molar-refractivity contribution is 6.33. The van der Waals surface area contributed by atoms with E-state index in [0.29, 0.717) is 28.9 Å². The molecule has 0 atom stereocenters. The molecule has 2 aromatic rings. The summed E-state index contributed by atoms with van der Waals surface area (Å²) in [6.07, 6.45) is 2.07. The van der Waals surface area contributed by atoms with Crippen molar-refractivity contribution in [1.29, 1.82) is 0 Å². The Morgan fingerprint density at radius 3 is 2.71 bits per heavy atom. The van der Waals surface area contributed by atoms with Gasteiger partial charge >= 0.3 is 0 Å². The summed E-state index contributed by atoms with van der Waals surface area (Å²) in [6, 6.07) is 9.11. The van der Waals surface area contributed by atoms with Crippen LogP contribution in [-0.2, 0) is 6.54 Å². The molecule has 1 aliphatic carbocycles. The molecule has 0 spiro atoms. The van der Waals surface area contributed by atoms with Gasteiger partial charge in [-0.2, -0.15) is 0 Å². The fraction of sp³-hybridized carbons (Fsp3) is 0.312. The molecule has 1 aliphatic rings. The molecule has 1 aromatic carbocycles. The van der Waals surface area contributed by atoms with Crippen molar-refractivity contribution >= 4 is 23.2 Å². The predicted molar refractivity (Wildman–Crippen MR) is 82.2 cm³/mol. The Kier molecular flexibility index (Phi) is 3.64. The van der Waals surface area contributed by atoms with Crippen molar-refractivity contribution in [2.75, 3.05) is 5.73 Å². The van der Waals surface area contributed by atoms with Gasteiger partial charge < -0.3 is 15.1 Å². The number of benzene rings is 1. The van der Waals surface area contributed by atoms with Crippen LogP contribution in [0, 0.1) is 6.92 Å². The zero-order chi connectivity index (χ0) is 15.0. The maximum atomic E-state index is 12.7. The molecular formula is C16H17ClN2O2. The second-order valence-corrected chi connectivity index (χ2v) is 5.82. The van der Waals surface area contributed by atoms with Crippen LogP contribution in [0.4, 0.5) is 5.69 Å². The Hall–Kier alpha value is -1.94. The highest BCUT2D eigenvalue weighted by Crippen LogP contribution is 2.31. The number of carbonyl (C=O) groups excluding carboxylic acids is 1. The molecule has 0 saturated heterocycles. The Labute approximate surface area is 128 Å². The van der Waals surface area contributed by atoms with E-state index in [1.165, 1.54) is 0 Å². The van der Waals surface area contributed by atoms with Crippen molar-refractivity contribution in [3.8, 4) is 0 Å². The van der Waals surface area contributed by atoms with Gasteiger partial charge in [0.25, 0.3) is 5.91 Å². The van der Waals surface area contributed by atoms with Crippen LogP contribution in [-0.4, -0.2) is 16.8 Å². The number of hydrogen-bond acceptors (Lipinski definition) is 3. The zero-order valence-corrected chi connectivity index (χ0v) is 12.6. The van der Waals surface area contributed by atoms with E-state index in [-0.39, 0.29) is 5.91 Å². The summed E-state index contributed by atoms with van der Waals surface area (Å²) in [6.45, 7) is 2.38. The lowest BCUT2D eigenvalue weighted by molar-refractivity contribution is 0.0717. The highest BCUT2D eigenvalue weighted by Gasteiger charge is 2.33. The normalized spacial score (nSPS) is 14.2. The molecule has 0 unspecified atom stereocenters. The smallest absolute Gasteiger partial charge is 0.254 e. The number of halogens is 1. The first-order chi connectivity index (χ1) is 10.0. The summed E-state index contributed by atoms with van der Waals surface area (Å²) in [7, 11) is 0. The minimum atomic E-state index is -0.0325. The number of nitrogens with zero attached hydrogens (tertiary/aromatic N) is 1. The van der Waals surface area contributed by atoms with Gasteiger partial charge in [0, 0.05) is 11.6 Å². The summed E-state index contributed by atoms with van der Waals surface area (Å²) >= 11 is 5.91. The maximum Gasteiger partial charge on any atom is 0.254 e. The first kappa shape index (κ1) is 14.0. The van der Waals surface area contributed by atoms with E-state index in [9.17, 15) is 4.79 Å². The van der Waals surface area contributed by atoms with Gasteiger partial charge in [0.15, 0.2) is 0 Å². The standard InChI is InChI=1S/C16H17ClN2O2/c1-10-2-6-13(21-10)9-19(12-4-5-12)16(20)11-3-7-14(17)15(18)8-11/h2-3,6-8,12H,4-5,9,18H2,1H3. The molecule has 2 N–H and O–H groups in total. The average molecular weight is 305 g/mol. The van der Waals surface area contributed by atoms with Crippen molar-refractivity contribution in [3.63, 3.8) is 0 Å². The van der Waals surface area contributed by atoms with Gasteiger partial charge in [-0.15, -0.1) is 0 Å². The van der Waals surface area contributed by atoms with E-state index in [1.54, 1.807) is 18.2 Å². The highest BCUT2D eigenvalue weighted by atomic mass is 35.5. The Balaban J connectivity index is 1.83.